The lowest BCUT2D eigenvalue weighted by Crippen LogP contribution is -2.04. The predicted octanol–water partition coefficient (Wildman–Crippen LogP) is 20.8. The molecule has 0 bridgehead atoms. The van der Waals surface area contributed by atoms with Crippen molar-refractivity contribution >= 4 is 15.8 Å². The van der Waals surface area contributed by atoms with Gasteiger partial charge in [-0.25, -0.2) is 0 Å². The first-order valence-corrected chi connectivity index (χ1v) is 35.2. The van der Waals surface area contributed by atoms with Gasteiger partial charge >= 0.3 is 0 Å². The monoisotopic (exact) mass is 1120 g/mol. The van der Waals surface area contributed by atoms with Gasteiger partial charge in [0, 0.05) is 0 Å². The number of hydrogen-bond donors (Lipinski definition) is 0. The van der Waals surface area contributed by atoms with E-state index in [1.54, 1.807) is 0 Å². The number of para-hydroxylation sites is 6. The Labute approximate surface area is 486 Å². The van der Waals surface area contributed by atoms with Crippen molar-refractivity contribution < 1.29 is 28.4 Å². The third kappa shape index (κ3) is 22.4. The highest BCUT2D eigenvalue weighted by atomic mass is 31.1. The van der Waals surface area contributed by atoms with Gasteiger partial charge in [0.1, 0.15) is 34.5 Å². The van der Waals surface area contributed by atoms with Crippen LogP contribution < -0.4 is 28.4 Å². The second kappa shape index (κ2) is 37.2. The minimum atomic E-state index is -0.500. The Bertz CT molecular complexity index is 2320. The van der Waals surface area contributed by atoms with E-state index in [1.807, 2.05) is 0 Å². The van der Waals surface area contributed by atoms with Crippen LogP contribution in [0.2, 0.25) is 0 Å². The maximum absolute atomic E-state index is 6.62. The fraction of sp³-hybridized carbons (Fsp3) is 0.500. The Morgan fingerprint density at radius 2 is 0.525 bits per heavy atom. The Morgan fingerprint density at radius 1 is 0.275 bits per heavy atom. The molecular formula is C72H96O6P2. The number of rotatable bonds is 17. The zero-order valence-electron chi connectivity index (χ0n) is 48.7. The SMILES string of the molecule is c1ccc(OCCCCCCCCCCOc2ccccc2CP2Cc3ccccc3OCCCCCCCCCCOc3ccccc3C2)c(CP2Cc3ccccc3OCCCCCCCCCCOc3ccccc3C2)c1. The van der Waals surface area contributed by atoms with E-state index in [1.165, 1.54) is 149 Å². The summed E-state index contributed by atoms with van der Waals surface area (Å²) in [6.07, 6.45) is 35.4. The number of hydrogen-bond acceptors (Lipinski definition) is 6. The molecule has 2 aliphatic heterocycles. The highest BCUT2D eigenvalue weighted by Gasteiger charge is 2.21. The summed E-state index contributed by atoms with van der Waals surface area (Å²) in [7, 11) is -1.000. The molecule has 0 saturated heterocycles. The van der Waals surface area contributed by atoms with E-state index in [-0.39, 0.29) is 0 Å². The van der Waals surface area contributed by atoms with Crippen molar-refractivity contribution in [1.82, 2.24) is 0 Å². The summed E-state index contributed by atoms with van der Waals surface area (Å²) in [6.45, 7) is 4.67. The van der Waals surface area contributed by atoms with Crippen molar-refractivity contribution in [2.24, 2.45) is 0 Å². The maximum atomic E-state index is 6.62. The van der Waals surface area contributed by atoms with Gasteiger partial charge in [0.05, 0.1) is 39.6 Å². The molecule has 0 atom stereocenters. The molecule has 0 unspecified atom stereocenters. The van der Waals surface area contributed by atoms with Crippen LogP contribution in [0.4, 0.5) is 0 Å². The first kappa shape index (κ1) is 61.1. The molecule has 0 saturated carbocycles. The van der Waals surface area contributed by atoms with E-state index >= 15 is 0 Å². The molecule has 0 spiro atoms. The van der Waals surface area contributed by atoms with Crippen molar-refractivity contribution in [3.8, 4) is 34.5 Å². The maximum Gasteiger partial charge on any atom is 0.122 e. The molecule has 0 radical (unpaired) electrons. The summed E-state index contributed by atoms with van der Waals surface area (Å²) in [6, 6.07) is 52.6. The van der Waals surface area contributed by atoms with Gasteiger partial charge in [-0.15, -0.1) is 0 Å². The van der Waals surface area contributed by atoms with Crippen LogP contribution in [0.5, 0.6) is 34.5 Å². The Hall–Kier alpha value is -5.02. The smallest absolute Gasteiger partial charge is 0.122 e. The highest BCUT2D eigenvalue weighted by molar-refractivity contribution is 7.55. The number of fused-ring (bicyclic) bond motifs is 4. The van der Waals surface area contributed by atoms with Crippen LogP contribution in [0.15, 0.2) is 146 Å². The third-order valence-corrected chi connectivity index (χ3v) is 20.6. The zero-order valence-corrected chi connectivity index (χ0v) is 50.4. The molecule has 2 heterocycles. The molecule has 0 amide bonds. The molecule has 6 aromatic rings. The fourth-order valence-electron chi connectivity index (χ4n) is 11.3. The summed E-state index contributed by atoms with van der Waals surface area (Å²) in [5.41, 5.74) is 7.90. The van der Waals surface area contributed by atoms with E-state index in [0.29, 0.717) is 0 Å². The largest absolute Gasteiger partial charge is 0.493 e. The minimum absolute atomic E-state index is 0.500. The summed E-state index contributed by atoms with van der Waals surface area (Å²) in [4.78, 5) is 0. The van der Waals surface area contributed by atoms with E-state index in [9.17, 15) is 0 Å². The molecule has 430 valence electrons. The second-order valence-corrected chi connectivity index (χ2v) is 27.1. The predicted molar refractivity (Wildman–Crippen MR) is 338 cm³/mol. The van der Waals surface area contributed by atoms with Gasteiger partial charge in [-0.1, -0.05) is 241 Å². The van der Waals surface area contributed by atoms with Gasteiger partial charge in [0.25, 0.3) is 0 Å². The first-order valence-electron chi connectivity index (χ1n) is 31.4. The molecule has 6 nitrogen and oxygen atoms in total. The Kier molecular flexibility index (Phi) is 28.4. The average Bonchev–Trinajstić information content (AvgIpc) is 3.48. The van der Waals surface area contributed by atoms with Crippen molar-refractivity contribution in [3.63, 3.8) is 0 Å². The standard InChI is InChI=1S/C72H96O6P2/c1-2-8-14-32-50-74-68-44-26-20-38-62(68)56-79(55-61-37-19-25-43-67(61)73-49-31-13-7-1)59-65-41-23-29-47-71(65)77-53-35-17-11-5-6-12-18-36-54-78-72-48-30-24-42-66(72)60-80-57-63-39-21-27-45-69(63)75-51-33-15-9-3-4-10-16-34-52-76-70-46-28-22-40-64(70)58-80/h19-30,37-48H,1-18,31-36,49-60H2. The molecule has 2 aliphatic rings. The molecule has 0 aliphatic carbocycles. The normalized spacial score (nSPS) is 16.4. The lowest BCUT2D eigenvalue weighted by Gasteiger charge is -2.23. The molecule has 80 heavy (non-hydrogen) atoms. The lowest BCUT2D eigenvalue weighted by atomic mass is 10.1. The van der Waals surface area contributed by atoms with Gasteiger partial charge in [0.2, 0.25) is 0 Å². The van der Waals surface area contributed by atoms with E-state index < -0.39 is 15.8 Å². The third-order valence-electron chi connectivity index (χ3n) is 15.9. The van der Waals surface area contributed by atoms with Crippen LogP contribution in [0.1, 0.15) is 187 Å². The van der Waals surface area contributed by atoms with Gasteiger partial charge in [-0.05, 0) is 145 Å². The number of unbranched alkanes of at least 4 members (excludes halogenated alkanes) is 7. The van der Waals surface area contributed by atoms with Crippen molar-refractivity contribution in [3.05, 3.63) is 179 Å². The molecule has 0 fully saturated rings. The Balaban J connectivity index is 0.780. The Morgan fingerprint density at radius 3 is 0.838 bits per heavy atom. The van der Waals surface area contributed by atoms with Crippen LogP contribution in [-0.4, -0.2) is 39.6 Å². The lowest BCUT2D eigenvalue weighted by molar-refractivity contribution is 0.299. The topological polar surface area (TPSA) is 55.4 Å². The van der Waals surface area contributed by atoms with Crippen LogP contribution in [0, 0.1) is 0 Å². The van der Waals surface area contributed by atoms with Gasteiger partial charge in [-0.2, -0.15) is 0 Å². The second-order valence-electron chi connectivity index (χ2n) is 22.5. The van der Waals surface area contributed by atoms with E-state index in [0.717, 1.165) is 150 Å². The first-order chi connectivity index (χ1) is 39.7. The van der Waals surface area contributed by atoms with E-state index in [2.05, 4.69) is 146 Å². The summed E-state index contributed by atoms with van der Waals surface area (Å²) >= 11 is 0. The summed E-state index contributed by atoms with van der Waals surface area (Å²) in [5.74, 6) is 6.29. The molecule has 8 heteroatoms. The van der Waals surface area contributed by atoms with Crippen molar-refractivity contribution in [2.45, 2.75) is 191 Å². The number of benzene rings is 6. The summed E-state index contributed by atoms with van der Waals surface area (Å²) < 4.78 is 39.2. The van der Waals surface area contributed by atoms with Crippen molar-refractivity contribution in [2.75, 3.05) is 39.6 Å². The average molecular weight is 1120 g/mol. The molecular weight excluding hydrogens is 1020 g/mol. The number of ether oxygens (including phenoxy) is 6. The van der Waals surface area contributed by atoms with Gasteiger partial charge < -0.3 is 28.4 Å². The van der Waals surface area contributed by atoms with Crippen LogP contribution in [-0.2, 0) is 37.0 Å². The van der Waals surface area contributed by atoms with E-state index in [4.69, 9.17) is 28.4 Å². The molecule has 6 aromatic carbocycles. The summed E-state index contributed by atoms with van der Waals surface area (Å²) in [5, 5.41) is 0. The zero-order chi connectivity index (χ0) is 54.8. The van der Waals surface area contributed by atoms with Crippen LogP contribution >= 0.6 is 15.8 Å². The fourth-order valence-corrected chi connectivity index (χ4v) is 16.4. The minimum Gasteiger partial charge on any atom is -0.493 e. The van der Waals surface area contributed by atoms with Crippen LogP contribution in [0.3, 0.4) is 0 Å². The van der Waals surface area contributed by atoms with Crippen LogP contribution in [0.25, 0.3) is 0 Å². The molecule has 0 N–H and O–H groups in total. The van der Waals surface area contributed by atoms with Crippen molar-refractivity contribution in [1.29, 1.82) is 0 Å². The quantitative estimate of drug-likeness (QED) is 0.0670. The van der Waals surface area contributed by atoms with Gasteiger partial charge in [0.15, 0.2) is 0 Å². The molecule has 0 aromatic heterocycles. The molecule has 8 rings (SSSR count). The van der Waals surface area contributed by atoms with Gasteiger partial charge in [-0.3, -0.25) is 0 Å². The highest BCUT2D eigenvalue weighted by Crippen LogP contribution is 2.52.